The van der Waals surface area contributed by atoms with Crippen molar-refractivity contribution in [3.8, 4) is 0 Å². The van der Waals surface area contributed by atoms with E-state index in [4.69, 9.17) is 15.2 Å². The van der Waals surface area contributed by atoms with E-state index in [1.165, 1.54) is 0 Å². The van der Waals surface area contributed by atoms with Crippen molar-refractivity contribution in [2.45, 2.75) is 58.1 Å². The van der Waals surface area contributed by atoms with Crippen LogP contribution in [0.25, 0.3) is 0 Å². The number of hydrogen-bond donors (Lipinski definition) is 1. The van der Waals surface area contributed by atoms with Crippen molar-refractivity contribution in [3.63, 3.8) is 0 Å². The summed E-state index contributed by atoms with van der Waals surface area (Å²) in [5.74, 6) is 0.236. The predicted octanol–water partition coefficient (Wildman–Crippen LogP) is 1.86. The highest BCUT2D eigenvalue weighted by atomic mass is 16.6. The van der Waals surface area contributed by atoms with E-state index in [2.05, 4.69) is 6.92 Å². The van der Waals surface area contributed by atoms with Crippen molar-refractivity contribution in [2.24, 2.45) is 11.7 Å². The molecule has 0 heterocycles. The summed E-state index contributed by atoms with van der Waals surface area (Å²) in [5.41, 5.74) is 5.37. The summed E-state index contributed by atoms with van der Waals surface area (Å²) in [6.45, 7) is 6.96. The van der Waals surface area contributed by atoms with Crippen molar-refractivity contribution >= 4 is 5.97 Å². The van der Waals surface area contributed by atoms with Gasteiger partial charge in [-0.2, -0.15) is 0 Å². The van der Waals surface area contributed by atoms with Gasteiger partial charge in [-0.25, -0.2) is 0 Å². The van der Waals surface area contributed by atoms with Gasteiger partial charge in [0, 0.05) is 6.61 Å². The van der Waals surface area contributed by atoms with Gasteiger partial charge in [-0.05, 0) is 32.6 Å². The molecule has 2 N–H and O–H groups in total. The van der Waals surface area contributed by atoms with E-state index in [0.717, 1.165) is 25.7 Å². The molecule has 1 aliphatic rings. The molecule has 3 atom stereocenters. The van der Waals surface area contributed by atoms with Gasteiger partial charge in [0.1, 0.15) is 11.6 Å². The maximum absolute atomic E-state index is 12.0. The lowest BCUT2D eigenvalue weighted by Crippen LogP contribution is -2.52. The molecule has 0 spiro atoms. The van der Waals surface area contributed by atoms with Crippen molar-refractivity contribution in [3.05, 3.63) is 0 Å². The van der Waals surface area contributed by atoms with Crippen molar-refractivity contribution < 1.29 is 14.3 Å². The van der Waals surface area contributed by atoms with Gasteiger partial charge in [0.15, 0.2) is 0 Å². The van der Waals surface area contributed by atoms with Crippen LogP contribution < -0.4 is 5.73 Å². The average molecular weight is 243 g/mol. The SMILES string of the molecule is CCOCC(C)OC(=O)C1(N)CCCC(C)C1. The topological polar surface area (TPSA) is 61.5 Å². The second-order valence-corrected chi connectivity index (χ2v) is 5.23. The van der Waals surface area contributed by atoms with Crippen LogP contribution in [0.5, 0.6) is 0 Å². The molecular weight excluding hydrogens is 218 g/mol. The number of hydrogen-bond acceptors (Lipinski definition) is 4. The monoisotopic (exact) mass is 243 g/mol. The molecule has 0 bridgehead atoms. The average Bonchev–Trinajstić information content (AvgIpc) is 2.26. The minimum Gasteiger partial charge on any atom is -0.459 e. The minimum atomic E-state index is -0.780. The quantitative estimate of drug-likeness (QED) is 0.749. The van der Waals surface area contributed by atoms with Gasteiger partial charge in [-0.15, -0.1) is 0 Å². The van der Waals surface area contributed by atoms with E-state index in [-0.39, 0.29) is 12.1 Å². The Balaban J connectivity index is 2.45. The van der Waals surface area contributed by atoms with Gasteiger partial charge in [0.05, 0.1) is 6.61 Å². The summed E-state index contributed by atoms with van der Waals surface area (Å²) in [4.78, 5) is 12.0. The van der Waals surface area contributed by atoms with E-state index < -0.39 is 5.54 Å². The standard InChI is InChI=1S/C13H25NO3/c1-4-16-9-11(3)17-12(15)13(14)7-5-6-10(2)8-13/h10-11H,4-9,14H2,1-3H3. The molecule has 0 aromatic heterocycles. The highest BCUT2D eigenvalue weighted by Gasteiger charge is 2.39. The molecule has 3 unspecified atom stereocenters. The Kier molecular flexibility index (Phi) is 5.40. The molecule has 100 valence electrons. The molecular formula is C13H25NO3. The number of carbonyl (C=O) groups is 1. The molecule has 0 aromatic rings. The Morgan fingerprint density at radius 2 is 2.29 bits per heavy atom. The molecule has 17 heavy (non-hydrogen) atoms. The zero-order valence-corrected chi connectivity index (χ0v) is 11.2. The molecule has 1 aliphatic carbocycles. The van der Waals surface area contributed by atoms with Gasteiger partial charge in [0.2, 0.25) is 0 Å². The zero-order valence-electron chi connectivity index (χ0n) is 11.2. The zero-order chi connectivity index (χ0) is 12.9. The van der Waals surface area contributed by atoms with E-state index in [1.54, 1.807) is 0 Å². The summed E-state index contributed by atoms with van der Waals surface area (Å²) in [6, 6.07) is 0. The summed E-state index contributed by atoms with van der Waals surface area (Å²) >= 11 is 0. The molecule has 4 heteroatoms. The third-order valence-electron chi connectivity index (χ3n) is 3.30. The van der Waals surface area contributed by atoms with Crippen LogP contribution in [0.4, 0.5) is 0 Å². The first-order valence-corrected chi connectivity index (χ1v) is 6.55. The van der Waals surface area contributed by atoms with Crippen LogP contribution in [-0.4, -0.2) is 30.8 Å². The van der Waals surface area contributed by atoms with Crippen LogP contribution in [0.2, 0.25) is 0 Å². The van der Waals surface area contributed by atoms with Crippen LogP contribution >= 0.6 is 0 Å². The van der Waals surface area contributed by atoms with Crippen molar-refractivity contribution in [2.75, 3.05) is 13.2 Å². The number of ether oxygens (including phenoxy) is 2. The first kappa shape index (κ1) is 14.5. The van der Waals surface area contributed by atoms with Crippen LogP contribution in [0, 0.1) is 5.92 Å². The first-order chi connectivity index (χ1) is 7.98. The largest absolute Gasteiger partial charge is 0.459 e. The number of rotatable bonds is 5. The number of carbonyl (C=O) groups excluding carboxylic acids is 1. The molecule has 0 aliphatic heterocycles. The van der Waals surface area contributed by atoms with Crippen LogP contribution in [0.3, 0.4) is 0 Å². The minimum absolute atomic E-state index is 0.222. The molecule has 1 saturated carbocycles. The number of esters is 1. The van der Waals surface area contributed by atoms with Crippen LogP contribution in [0.15, 0.2) is 0 Å². The summed E-state index contributed by atoms with van der Waals surface area (Å²) in [6.07, 6.45) is 3.40. The Hall–Kier alpha value is -0.610. The molecule has 0 saturated heterocycles. The van der Waals surface area contributed by atoms with Crippen molar-refractivity contribution in [1.29, 1.82) is 0 Å². The molecule has 4 nitrogen and oxygen atoms in total. The van der Waals surface area contributed by atoms with E-state index in [9.17, 15) is 4.79 Å². The van der Waals surface area contributed by atoms with Crippen LogP contribution in [-0.2, 0) is 14.3 Å². The lowest BCUT2D eigenvalue weighted by atomic mass is 9.77. The maximum Gasteiger partial charge on any atom is 0.326 e. The molecule has 0 aromatic carbocycles. The molecule has 1 rings (SSSR count). The second kappa shape index (κ2) is 6.36. The highest BCUT2D eigenvalue weighted by Crippen LogP contribution is 2.31. The first-order valence-electron chi connectivity index (χ1n) is 6.55. The lowest BCUT2D eigenvalue weighted by molar-refractivity contribution is -0.159. The molecule has 0 radical (unpaired) electrons. The predicted molar refractivity (Wildman–Crippen MR) is 66.6 cm³/mol. The Morgan fingerprint density at radius 1 is 1.59 bits per heavy atom. The number of nitrogens with two attached hydrogens (primary N) is 1. The third-order valence-corrected chi connectivity index (χ3v) is 3.30. The Labute approximate surface area is 104 Å². The van der Waals surface area contributed by atoms with E-state index in [1.807, 2.05) is 13.8 Å². The fourth-order valence-corrected chi connectivity index (χ4v) is 2.40. The smallest absolute Gasteiger partial charge is 0.326 e. The summed E-state index contributed by atoms with van der Waals surface area (Å²) in [5, 5.41) is 0. The summed E-state index contributed by atoms with van der Waals surface area (Å²) < 4.78 is 10.6. The normalized spacial score (nSPS) is 30.9. The van der Waals surface area contributed by atoms with Gasteiger partial charge in [-0.1, -0.05) is 19.8 Å². The fraction of sp³-hybridized carbons (Fsp3) is 0.923. The Bertz CT molecular complexity index is 257. The summed E-state index contributed by atoms with van der Waals surface area (Å²) in [7, 11) is 0. The van der Waals surface area contributed by atoms with Gasteiger partial charge in [-0.3, -0.25) is 4.79 Å². The third kappa shape index (κ3) is 4.28. The van der Waals surface area contributed by atoms with Gasteiger partial charge in [0.25, 0.3) is 0 Å². The van der Waals surface area contributed by atoms with Gasteiger partial charge < -0.3 is 15.2 Å². The molecule has 0 amide bonds. The van der Waals surface area contributed by atoms with Gasteiger partial charge >= 0.3 is 5.97 Å². The van der Waals surface area contributed by atoms with E-state index >= 15 is 0 Å². The lowest BCUT2D eigenvalue weighted by Gasteiger charge is -2.35. The van der Waals surface area contributed by atoms with Crippen molar-refractivity contribution in [1.82, 2.24) is 0 Å². The second-order valence-electron chi connectivity index (χ2n) is 5.23. The maximum atomic E-state index is 12.0. The Morgan fingerprint density at radius 3 is 2.88 bits per heavy atom. The molecule has 1 fully saturated rings. The van der Waals surface area contributed by atoms with E-state index in [0.29, 0.717) is 19.1 Å². The highest BCUT2D eigenvalue weighted by molar-refractivity contribution is 5.80. The van der Waals surface area contributed by atoms with Crippen LogP contribution in [0.1, 0.15) is 46.5 Å². The fourth-order valence-electron chi connectivity index (χ4n) is 2.40.